The van der Waals surface area contributed by atoms with Gasteiger partial charge >= 0.3 is 6.09 Å². The van der Waals surface area contributed by atoms with Crippen molar-refractivity contribution in [2.75, 3.05) is 13.2 Å². The smallest absolute Gasteiger partial charge is 0.405 e. The van der Waals surface area contributed by atoms with Crippen molar-refractivity contribution in [1.82, 2.24) is 0 Å². The van der Waals surface area contributed by atoms with Crippen LogP contribution in [0.25, 0.3) is 0 Å². The molecule has 164 valence electrons. The molecule has 2 fully saturated rings. The van der Waals surface area contributed by atoms with Gasteiger partial charge in [0.05, 0.1) is 19.1 Å². The third-order valence-electron chi connectivity index (χ3n) is 6.24. The van der Waals surface area contributed by atoms with E-state index >= 15 is 0 Å². The fraction of sp³-hybridized carbons (Fsp3) is 0.440. The summed E-state index contributed by atoms with van der Waals surface area (Å²) in [7, 11) is 0. The SMILES string of the molecule is CC(C)(C)C1C2(CC1(OC(N)=O)c1ccc(C(=O)Cc3ccccc3)cc1)OCCO2. The van der Waals surface area contributed by atoms with Crippen molar-refractivity contribution >= 4 is 11.9 Å². The molecule has 0 aromatic heterocycles. The number of nitrogens with two attached hydrogens (primary N) is 1. The van der Waals surface area contributed by atoms with Crippen molar-refractivity contribution in [1.29, 1.82) is 0 Å². The number of hydrogen-bond donors (Lipinski definition) is 1. The lowest BCUT2D eigenvalue weighted by Gasteiger charge is -2.62. The highest BCUT2D eigenvalue weighted by Crippen LogP contribution is 2.65. The molecule has 1 saturated heterocycles. The van der Waals surface area contributed by atoms with Crippen molar-refractivity contribution in [3.63, 3.8) is 0 Å². The second-order valence-electron chi connectivity index (χ2n) is 9.46. The predicted molar refractivity (Wildman–Crippen MR) is 115 cm³/mol. The van der Waals surface area contributed by atoms with E-state index in [0.29, 0.717) is 31.6 Å². The van der Waals surface area contributed by atoms with Crippen molar-refractivity contribution in [3.05, 3.63) is 71.3 Å². The van der Waals surface area contributed by atoms with Crippen LogP contribution in [-0.4, -0.2) is 30.9 Å². The molecule has 6 nitrogen and oxygen atoms in total. The first kappa shape index (κ1) is 21.5. The highest BCUT2D eigenvalue weighted by Gasteiger charge is 2.73. The summed E-state index contributed by atoms with van der Waals surface area (Å²) < 4.78 is 17.8. The van der Waals surface area contributed by atoms with Gasteiger partial charge in [-0.25, -0.2) is 4.79 Å². The maximum Gasteiger partial charge on any atom is 0.405 e. The van der Waals surface area contributed by atoms with E-state index in [2.05, 4.69) is 20.8 Å². The Labute approximate surface area is 182 Å². The lowest BCUT2D eigenvalue weighted by Crippen LogP contribution is -2.70. The molecule has 2 aromatic rings. The molecular formula is C25H29NO5. The molecule has 2 atom stereocenters. The number of ether oxygens (including phenoxy) is 3. The van der Waals surface area contributed by atoms with Gasteiger partial charge in [0.1, 0.15) is 0 Å². The molecule has 2 aromatic carbocycles. The number of Topliss-reactive ketones (excluding diaryl/α,β-unsaturated/α-hetero) is 1. The van der Waals surface area contributed by atoms with Gasteiger partial charge in [-0.3, -0.25) is 4.79 Å². The van der Waals surface area contributed by atoms with Crippen LogP contribution in [0.5, 0.6) is 0 Å². The van der Waals surface area contributed by atoms with Gasteiger partial charge in [-0.15, -0.1) is 0 Å². The molecule has 4 rings (SSSR count). The van der Waals surface area contributed by atoms with Gasteiger partial charge in [0.2, 0.25) is 0 Å². The largest absolute Gasteiger partial charge is 0.437 e. The fourth-order valence-corrected chi connectivity index (χ4v) is 5.32. The topological polar surface area (TPSA) is 87.9 Å². The van der Waals surface area contributed by atoms with E-state index in [1.54, 1.807) is 12.1 Å². The number of rotatable bonds is 5. The molecule has 2 N–H and O–H groups in total. The number of carbonyl (C=O) groups excluding carboxylic acids is 2. The number of primary amides is 1. The molecule has 1 heterocycles. The average Bonchev–Trinajstić information content (AvgIpc) is 3.17. The summed E-state index contributed by atoms with van der Waals surface area (Å²) in [4.78, 5) is 24.6. The molecule has 2 aliphatic rings. The second-order valence-corrected chi connectivity index (χ2v) is 9.46. The number of carbonyl (C=O) groups is 2. The minimum Gasteiger partial charge on any atom is -0.437 e. The van der Waals surface area contributed by atoms with Gasteiger partial charge in [-0.2, -0.15) is 0 Å². The van der Waals surface area contributed by atoms with E-state index in [-0.39, 0.29) is 17.1 Å². The zero-order valence-electron chi connectivity index (χ0n) is 18.2. The summed E-state index contributed by atoms with van der Waals surface area (Å²) in [5.74, 6) is -1.02. The Bertz CT molecular complexity index is 958. The highest BCUT2D eigenvalue weighted by atomic mass is 16.7. The van der Waals surface area contributed by atoms with Crippen LogP contribution in [0.1, 0.15) is 48.7 Å². The standard InChI is InChI=1S/C25H29NO5/c1-23(2,3)21-24(31-22(26)28,16-25(21)29-13-14-30-25)19-11-9-18(10-12-19)20(27)15-17-7-5-4-6-8-17/h4-12,21H,13-16H2,1-3H3,(H2,26,28). The molecule has 0 radical (unpaired) electrons. The monoisotopic (exact) mass is 423 g/mol. The van der Waals surface area contributed by atoms with Crippen molar-refractivity contribution in [2.45, 2.75) is 45.0 Å². The van der Waals surface area contributed by atoms with Gasteiger partial charge in [-0.1, -0.05) is 75.4 Å². The molecule has 1 aliphatic heterocycles. The first-order valence-corrected chi connectivity index (χ1v) is 10.6. The Morgan fingerprint density at radius 1 is 1.03 bits per heavy atom. The normalized spacial score (nSPS) is 24.5. The van der Waals surface area contributed by atoms with Crippen LogP contribution in [0.3, 0.4) is 0 Å². The molecule has 0 bridgehead atoms. The lowest BCUT2D eigenvalue weighted by atomic mass is 9.52. The Hall–Kier alpha value is -2.70. The van der Waals surface area contributed by atoms with Crippen LogP contribution in [0.15, 0.2) is 54.6 Å². The first-order valence-electron chi connectivity index (χ1n) is 10.6. The molecule has 1 aliphatic carbocycles. The summed E-state index contributed by atoms with van der Waals surface area (Å²) in [6.45, 7) is 7.22. The molecule has 1 amide bonds. The molecular weight excluding hydrogens is 394 g/mol. The molecule has 31 heavy (non-hydrogen) atoms. The minimum atomic E-state index is -0.977. The van der Waals surface area contributed by atoms with E-state index < -0.39 is 17.5 Å². The quantitative estimate of drug-likeness (QED) is 0.728. The summed E-state index contributed by atoms with van der Waals surface area (Å²) in [5.41, 5.74) is 6.58. The zero-order valence-corrected chi connectivity index (χ0v) is 18.2. The van der Waals surface area contributed by atoms with Gasteiger partial charge in [0.15, 0.2) is 17.2 Å². The summed E-state index contributed by atoms with van der Waals surface area (Å²) in [6.07, 6.45) is -0.146. The summed E-state index contributed by atoms with van der Waals surface area (Å²) in [5, 5.41) is 0. The third kappa shape index (κ3) is 3.86. The van der Waals surface area contributed by atoms with Crippen LogP contribution in [0.4, 0.5) is 4.79 Å². The number of amides is 1. The van der Waals surface area contributed by atoms with Crippen LogP contribution in [0, 0.1) is 11.3 Å². The third-order valence-corrected chi connectivity index (χ3v) is 6.24. The number of hydrogen-bond acceptors (Lipinski definition) is 5. The van der Waals surface area contributed by atoms with Crippen LogP contribution in [0.2, 0.25) is 0 Å². The van der Waals surface area contributed by atoms with Crippen molar-refractivity contribution < 1.29 is 23.8 Å². The second kappa shape index (κ2) is 7.77. The lowest BCUT2D eigenvalue weighted by molar-refractivity contribution is -0.357. The van der Waals surface area contributed by atoms with Gasteiger partial charge in [0, 0.05) is 18.4 Å². The van der Waals surface area contributed by atoms with Gasteiger partial charge in [0.25, 0.3) is 0 Å². The van der Waals surface area contributed by atoms with E-state index in [9.17, 15) is 9.59 Å². The summed E-state index contributed by atoms with van der Waals surface area (Å²) >= 11 is 0. The Morgan fingerprint density at radius 2 is 1.65 bits per heavy atom. The Balaban J connectivity index is 1.64. The number of ketones is 1. The molecule has 1 saturated carbocycles. The van der Waals surface area contributed by atoms with E-state index in [0.717, 1.165) is 11.1 Å². The van der Waals surface area contributed by atoms with E-state index in [4.69, 9.17) is 19.9 Å². The van der Waals surface area contributed by atoms with Gasteiger partial charge < -0.3 is 19.9 Å². The van der Waals surface area contributed by atoms with E-state index in [1.165, 1.54) is 0 Å². The van der Waals surface area contributed by atoms with Crippen molar-refractivity contribution in [2.24, 2.45) is 17.1 Å². The molecule has 6 heteroatoms. The van der Waals surface area contributed by atoms with Gasteiger partial charge in [-0.05, 0) is 16.5 Å². The summed E-state index contributed by atoms with van der Waals surface area (Å²) in [6, 6.07) is 16.9. The van der Waals surface area contributed by atoms with Crippen LogP contribution in [-0.2, 0) is 26.2 Å². The Kier molecular flexibility index (Phi) is 5.40. The number of benzene rings is 2. The molecule has 1 spiro atoms. The minimum absolute atomic E-state index is 0.0301. The maximum absolute atomic E-state index is 12.7. The maximum atomic E-state index is 12.7. The Morgan fingerprint density at radius 3 is 2.19 bits per heavy atom. The van der Waals surface area contributed by atoms with E-state index in [1.807, 2.05) is 42.5 Å². The highest BCUT2D eigenvalue weighted by molar-refractivity contribution is 5.97. The fourth-order valence-electron chi connectivity index (χ4n) is 5.32. The van der Waals surface area contributed by atoms with Crippen LogP contribution >= 0.6 is 0 Å². The zero-order chi connectivity index (χ0) is 22.3. The predicted octanol–water partition coefficient (Wildman–Crippen LogP) is 4.21. The van der Waals surface area contributed by atoms with Crippen molar-refractivity contribution in [3.8, 4) is 0 Å². The average molecular weight is 424 g/mol. The first-order chi connectivity index (χ1) is 14.7. The molecule has 2 unspecified atom stereocenters. The van der Waals surface area contributed by atoms with Crippen LogP contribution < -0.4 is 5.73 Å².